The van der Waals surface area contributed by atoms with Gasteiger partial charge in [0.25, 0.3) is 5.91 Å². The van der Waals surface area contributed by atoms with Crippen molar-refractivity contribution >= 4 is 65.0 Å². The minimum Gasteiger partial charge on any atom is -0.481 e. The summed E-state index contributed by atoms with van der Waals surface area (Å²) in [7, 11) is 0. The summed E-state index contributed by atoms with van der Waals surface area (Å²) in [4.78, 5) is 144. The van der Waals surface area contributed by atoms with Crippen LogP contribution in [-0.4, -0.2) is 123 Å². The Labute approximate surface area is 426 Å². The van der Waals surface area contributed by atoms with Gasteiger partial charge in [-0.1, -0.05) is 103 Å². The number of benzene rings is 2. The summed E-state index contributed by atoms with van der Waals surface area (Å²) < 4.78 is 42.0. The van der Waals surface area contributed by atoms with Crippen LogP contribution in [0.25, 0.3) is 0 Å². The summed E-state index contributed by atoms with van der Waals surface area (Å²) in [6.07, 6.45) is -11.2. The highest BCUT2D eigenvalue weighted by molar-refractivity contribution is 6.38. The van der Waals surface area contributed by atoms with Gasteiger partial charge in [0.15, 0.2) is 0 Å². The van der Waals surface area contributed by atoms with Crippen molar-refractivity contribution in [2.24, 2.45) is 17.3 Å². The van der Waals surface area contributed by atoms with Gasteiger partial charge in [-0.3, -0.25) is 52.7 Å². The van der Waals surface area contributed by atoms with Crippen LogP contribution in [0.15, 0.2) is 54.6 Å². The van der Waals surface area contributed by atoms with Gasteiger partial charge in [-0.05, 0) is 53.7 Å². The van der Waals surface area contributed by atoms with Crippen LogP contribution in [-0.2, 0) is 59.2 Å². The Bertz CT molecular complexity index is 2340. The van der Waals surface area contributed by atoms with E-state index in [1.165, 1.54) is 20.8 Å². The van der Waals surface area contributed by atoms with E-state index >= 15 is 0 Å². The van der Waals surface area contributed by atoms with Crippen molar-refractivity contribution in [1.29, 1.82) is 0 Å². The first-order chi connectivity index (χ1) is 34.3. The third kappa shape index (κ3) is 22.2. The molecule has 2 rings (SSSR count). The third-order valence-electron chi connectivity index (χ3n) is 11.4. The second-order valence-corrected chi connectivity index (χ2v) is 19.6. The van der Waals surface area contributed by atoms with E-state index in [2.05, 4.69) is 31.9 Å². The van der Waals surface area contributed by atoms with Crippen LogP contribution < -0.4 is 37.2 Å². The van der Waals surface area contributed by atoms with Crippen LogP contribution in [0.4, 0.5) is 13.2 Å². The van der Waals surface area contributed by atoms with Crippen LogP contribution in [0.1, 0.15) is 116 Å². The van der Waals surface area contributed by atoms with Gasteiger partial charge in [-0.15, -0.1) is 0 Å². The highest BCUT2D eigenvalue weighted by Crippen LogP contribution is 2.25. The lowest BCUT2D eigenvalue weighted by atomic mass is 9.85. The molecule has 0 spiro atoms. The number of carbonyl (C=O) groups is 11. The van der Waals surface area contributed by atoms with Crippen LogP contribution in [0.5, 0.6) is 0 Å². The van der Waals surface area contributed by atoms with Crippen LogP contribution in [0, 0.1) is 24.2 Å². The molecule has 7 amide bonds. The van der Waals surface area contributed by atoms with Crippen LogP contribution >= 0.6 is 0 Å². The summed E-state index contributed by atoms with van der Waals surface area (Å²) in [5.74, 6) is -14.9. The number of nitrogens with one attached hydrogen (secondary N) is 7. The highest BCUT2D eigenvalue weighted by atomic mass is 19.4. The molecule has 0 aromatic heterocycles. The fourth-order valence-corrected chi connectivity index (χ4v) is 7.48. The predicted octanol–water partition coefficient (Wildman–Crippen LogP) is 2.78. The number of amides is 7. The van der Waals surface area contributed by atoms with E-state index < -0.39 is 163 Å². The largest absolute Gasteiger partial charge is 0.481 e. The monoisotopic (exact) mass is 1050 g/mol. The Hall–Kier alpha value is -7.40. The molecule has 0 saturated carbocycles. The zero-order valence-electron chi connectivity index (χ0n) is 42.5. The number of rotatable bonds is 29. The Morgan fingerprint density at radius 3 is 1.59 bits per heavy atom. The first-order valence-corrected chi connectivity index (χ1v) is 23.8. The first-order valence-electron chi connectivity index (χ1n) is 23.8. The van der Waals surface area contributed by atoms with Crippen LogP contribution in [0.2, 0.25) is 0 Å². The summed E-state index contributed by atoms with van der Waals surface area (Å²) >= 11 is 0. The van der Waals surface area contributed by atoms with E-state index in [4.69, 9.17) is 5.11 Å². The summed E-state index contributed by atoms with van der Waals surface area (Å²) in [6.45, 7) is 12.9. The third-order valence-corrected chi connectivity index (χ3v) is 11.4. The maximum atomic E-state index is 14.4. The minimum absolute atomic E-state index is 0.209. The van der Waals surface area contributed by atoms with Gasteiger partial charge >= 0.3 is 24.1 Å². The molecule has 10 N–H and O–H groups in total. The number of carboxylic acid groups (broad SMARTS) is 3. The van der Waals surface area contributed by atoms with Gasteiger partial charge in [0.1, 0.15) is 36.3 Å². The zero-order chi connectivity index (χ0) is 56.2. The molecule has 74 heavy (non-hydrogen) atoms. The summed E-state index contributed by atoms with van der Waals surface area (Å²) in [5, 5.41) is 44.1. The minimum atomic E-state index is -5.06. The Balaban J connectivity index is 2.52. The second kappa shape index (κ2) is 28.7. The fraction of sp³-hybridized carbons (Fsp3) is 0.540. The van der Waals surface area contributed by atoms with Gasteiger partial charge in [0.2, 0.25) is 41.2 Å². The number of hydrogen-bond donors (Lipinski definition) is 10. The van der Waals surface area contributed by atoms with E-state index in [0.717, 1.165) is 0 Å². The van der Waals surface area contributed by atoms with E-state index in [1.807, 2.05) is 5.32 Å². The topological polar surface area (TPSA) is 333 Å². The number of hydrogen-bond acceptors (Lipinski definition) is 11. The second-order valence-electron chi connectivity index (χ2n) is 19.6. The fourth-order valence-electron chi connectivity index (χ4n) is 7.48. The van der Waals surface area contributed by atoms with E-state index in [1.54, 1.807) is 89.2 Å². The van der Waals surface area contributed by atoms with Crippen molar-refractivity contribution in [3.8, 4) is 0 Å². The van der Waals surface area contributed by atoms with Gasteiger partial charge < -0.3 is 52.5 Å². The average Bonchev–Trinajstić information content (AvgIpc) is 3.28. The number of alkyl halides is 3. The SMILES string of the molecule is Cc1ccccc1C[C@H](NC(=O)[C@H](CCC(=O)O)NC(=O)[C@H](CC(=O)O)NC(=O)CCC(=O)O)C(=O)N[C@H](C(=O)N[C@@H](CC(C)C)C(=O)NC(CC(F)(F)F)C(=O)C(=O)N[C@H](c1ccccc1)C(C)C)C(C)(C)C. The molecule has 24 heteroatoms. The molecule has 2 aromatic rings. The molecular formula is C50H68F3N7O14. The van der Waals surface area contributed by atoms with Crippen molar-refractivity contribution in [3.63, 3.8) is 0 Å². The van der Waals surface area contributed by atoms with Gasteiger partial charge in [0, 0.05) is 19.3 Å². The number of aryl methyl sites for hydroxylation is 1. The number of carboxylic acids is 3. The normalized spacial score (nSPS) is 14.4. The molecule has 0 heterocycles. The molecule has 1 unspecified atom stereocenters. The lowest BCUT2D eigenvalue weighted by Gasteiger charge is -2.34. The molecule has 408 valence electrons. The quantitative estimate of drug-likeness (QED) is 0.0524. The zero-order valence-corrected chi connectivity index (χ0v) is 42.5. The standard InChI is InChI=1S/C50H68F3N7O14/c1-26(2)22-32(44(70)58-35(25-50(51,52)53)41(68)47(73)59-40(27(3)4)29-15-10-9-11-16-29)57-48(74)42(49(6,7)8)60-46(72)33(23-30-17-13-12-14-28(30)5)56-43(69)31(18-20-37(62)63)55-45(71)34(24-39(66)67)54-36(61)19-21-38(64)65/h9-17,26-27,31-35,40,42H,18-25H2,1-8H3,(H,54,61)(H,55,71)(H,56,69)(H,57,74)(H,58,70)(H,59,73)(H,60,72)(H,62,63)(H,64,65)(H,66,67)/t31-,32-,33-,34-,35?,40-,42+/m0/s1. The number of halogens is 3. The molecule has 21 nitrogen and oxygen atoms in total. The lowest BCUT2D eigenvalue weighted by Crippen LogP contribution is -2.62. The van der Waals surface area contributed by atoms with Crippen molar-refractivity contribution < 1.29 is 81.2 Å². The highest BCUT2D eigenvalue weighted by Gasteiger charge is 2.42. The van der Waals surface area contributed by atoms with Gasteiger partial charge in [-0.2, -0.15) is 13.2 Å². The molecule has 0 aliphatic rings. The first kappa shape index (κ1) is 62.7. The molecule has 0 saturated heterocycles. The number of aliphatic carboxylic acids is 3. The molecular weight excluding hydrogens is 980 g/mol. The van der Waals surface area contributed by atoms with E-state index in [0.29, 0.717) is 16.7 Å². The Kier molecular flexibility index (Phi) is 24.4. The number of carbonyl (C=O) groups excluding carboxylic acids is 8. The molecule has 0 bridgehead atoms. The lowest BCUT2D eigenvalue weighted by molar-refractivity contribution is -0.154. The van der Waals surface area contributed by atoms with Crippen molar-refractivity contribution in [2.45, 2.75) is 155 Å². The van der Waals surface area contributed by atoms with E-state index in [-0.39, 0.29) is 18.8 Å². The Morgan fingerprint density at radius 2 is 1.07 bits per heavy atom. The van der Waals surface area contributed by atoms with Gasteiger partial charge in [-0.25, -0.2) is 0 Å². The van der Waals surface area contributed by atoms with Crippen molar-refractivity contribution in [1.82, 2.24) is 37.2 Å². The molecule has 2 aromatic carbocycles. The summed E-state index contributed by atoms with van der Waals surface area (Å²) in [6, 6.07) is 3.25. The van der Waals surface area contributed by atoms with E-state index in [9.17, 15) is 76.1 Å². The molecule has 0 fully saturated rings. The van der Waals surface area contributed by atoms with Crippen LogP contribution in [0.3, 0.4) is 0 Å². The molecule has 0 aliphatic heterocycles. The maximum absolute atomic E-state index is 14.4. The average molecular weight is 1050 g/mol. The smallest absolute Gasteiger partial charge is 0.391 e. The summed E-state index contributed by atoms with van der Waals surface area (Å²) in [5.41, 5.74) is 0.471. The maximum Gasteiger partial charge on any atom is 0.391 e. The van der Waals surface area contributed by atoms with Gasteiger partial charge in [0.05, 0.1) is 25.3 Å². The van der Waals surface area contributed by atoms with Crippen molar-refractivity contribution in [3.05, 3.63) is 71.3 Å². The molecule has 0 aliphatic carbocycles. The van der Waals surface area contributed by atoms with Crippen molar-refractivity contribution in [2.75, 3.05) is 0 Å². The number of Topliss-reactive ketones (excluding diaryl/α,β-unsaturated/α-hetero) is 1. The predicted molar refractivity (Wildman–Crippen MR) is 259 cm³/mol. The Morgan fingerprint density at radius 1 is 0.554 bits per heavy atom. The number of ketones is 1. The molecule has 0 radical (unpaired) electrons. The molecule has 7 atom stereocenters.